The maximum absolute atomic E-state index is 5.78. The van der Waals surface area contributed by atoms with Crippen LogP contribution in [0, 0.1) is 0 Å². The number of methoxy groups -OCH3 is 1. The molecule has 0 heterocycles. The van der Waals surface area contributed by atoms with Crippen LogP contribution in [0.1, 0.15) is 33.1 Å². The highest BCUT2D eigenvalue weighted by atomic mass is 16.5. The second-order valence-corrected chi connectivity index (χ2v) is 2.95. The van der Waals surface area contributed by atoms with Crippen LogP contribution >= 0.6 is 0 Å². The molecule has 4 N–H and O–H groups in total. The van der Waals surface area contributed by atoms with E-state index in [4.69, 9.17) is 16.2 Å². The first kappa shape index (κ1) is 11.9. The number of ether oxygens (including phenoxy) is 1. The molecular weight excluding hydrogens is 152 g/mol. The predicted octanol–water partition coefficient (Wildman–Crippen LogP) is 0.866. The molecule has 3 atom stereocenters. The van der Waals surface area contributed by atoms with Gasteiger partial charge in [-0.3, -0.25) is 0 Å². The lowest BCUT2D eigenvalue weighted by molar-refractivity contribution is 0.0471. The van der Waals surface area contributed by atoms with E-state index in [2.05, 4.69) is 0 Å². The van der Waals surface area contributed by atoms with Crippen molar-refractivity contribution in [2.24, 2.45) is 11.5 Å². The third-order valence-corrected chi connectivity index (χ3v) is 2.25. The van der Waals surface area contributed by atoms with E-state index >= 15 is 0 Å². The molecule has 0 aromatic carbocycles. The lowest BCUT2D eigenvalue weighted by atomic mass is 9.89. The molecule has 1 aliphatic rings. The molecule has 3 heteroatoms. The van der Waals surface area contributed by atoms with E-state index in [1.54, 1.807) is 7.11 Å². The molecule has 0 radical (unpaired) electrons. The minimum absolute atomic E-state index is 0.0405. The van der Waals surface area contributed by atoms with Crippen molar-refractivity contribution in [3.63, 3.8) is 0 Å². The fourth-order valence-corrected chi connectivity index (χ4v) is 1.49. The van der Waals surface area contributed by atoms with Gasteiger partial charge in [0.15, 0.2) is 0 Å². The Morgan fingerprint density at radius 1 is 1.17 bits per heavy atom. The molecule has 0 aromatic rings. The molecule has 1 fully saturated rings. The zero-order chi connectivity index (χ0) is 9.56. The van der Waals surface area contributed by atoms with Crippen LogP contribution in [0.2, 0.25) is 0 Å². The van der Waals surface area contributed by atoms with Crippen molar-refractivity contribution < 1.29 is 4.74 Å². The Morgan fingerprint density at radius 3 is 2.17 bits per heavy atom. The molecule has 3 unspecified atom stereocenters. The van der Waals surface area contributed by atoms with Gasteiger partial charge in [0.2, 0.25) is 0 Å². The molecule has 0 spiro atoms. The van der Waals surface area contributed by atoms with E-state index in [1.165, 1.54) is 0 Å². The average Bonchev–Trinajstić information content (AvgIpc) is 2.13. The van der Waals surface area contributed by atoms with E-state index in [-0.39, 0.29) is 18.2 Å². The van der Waals surface area contributed by atoms with Gasteiger partial charge in [0, 0.05) is 19.2 Å². The maximum Gasteiger partial charge on any atom is 0.0737 e. The molecule has 12 heavy (non-hydrogen) atoms. The molecule has 1 rings (SSSR count). The fourth-order valence-electron chi connectivity index (χ4n) is 1.49. The Bertz CT molecular complexity index is 109. The first-order chi connectivity index (χ1) is 5.75. The summed E-state index contributed by atoms with van der Waals surface area (Å²) in [5.41, 5.74) is 11.5. The highest BCUT2D eigenvalue weighted by molar-refractivity contribution is 4.88. The number of nitrogens with two attached hydrogens (primary N) is 2. The van der Waals surface area contributed by atoms with Gasteiger partial charge in [-0.05, 0) is 19.3 Å². The van der Waals surface area contributed by atoms with E-state index in [0.29, 0.717) is 0 Å². The van der Waals surface area contributed by atoms with Crippen LogP contribution in [0.15, 0.2) is 0 Å². The molecule has 0 aliphatic heterocycles. The quantitative estimate of drug-likeness (QED) is 0.620. The summed E-state index contributed by atoms with van der Waals surface area (Å²) < 4.78 is 5.17. The number of rotatable bonds is 1. The summed E-state index contributed by atoms with van der Waals surface area (Å²) in [6.07, 6.45) is 3.43. The van der Waals surface area contributed by atoms with Gasteiger partial charge in [0.1, 0.15) is 0 Å². The second-order valence-electron chi connectivity index (χ2n) is 2.95. The average molecular weight is 174 g/mol. The lowest BCUT2D eigenvalue weighted by Crippen LogP contribution is -2.52. The summed E-state index contributed by atoms with van der Waals surface area (Å²) in [5, 5.41) is 0. The highest BCUT2D eigenvalue weighted by Crippen LogP contribution is 2.18. The van der Waals surface area contributed by atoms with Gasteiger partial charge in [0.25, 0.3) is 0 Å². The Hall–Kier alpha value is -0.120. The second kappa shape index (κ2) is 6.40. The van der Waals surface area contributed by atoms with Crippen LogP contribution in [0.25, 0.3) is 0 Å². The van der Waals surface area contributed by atoms with Crippen LogP contribution in [-0.4, -0.2) is 25.3 Å². The maximum atomic E-state index is 5.78. The Kier molecular flexibility index (Phi) is 6.34. The molecule has 0 saturated heterocycles. The molecule has 0 aromatic heterocycles. The summed E-state index contributed by atoms with van der Waals surface area (Å²) in [7, 11) is 1.70. The summed E-state index contributed by atoms with van der Waals surface area (Å²) in [5.74, 6) is 0. The van der Waals surface area contributed by atoms with Crippen molar-refractivity contribution in [1.29, 1.82) is 0 Å². The van der Waals surface area contributed by atoms with Crippen molar-refractivity contribution in [3.8, 4) is 0 Å². The topological polar surface area (TPSA) is 61.3 Å². The minimum Gasteiger partial charge on any atom is -0.380 e. The summed E-state index contributed by atoms with van der Waals surface area (Å²) in [6, 6.07) is 0.178. The predicted molar refractivity (Wildman–Crippen MR) is 51.9 cm³/mol. The van der Waals surface area contributed by atoms with Crippen molar-refractivity contribution in [2.75, 3.05) is 7.11 Å². The molecular formula is C9H22N2O. The first-order valence-electron chi connectivity index (χ1n) is 4.79. The van der Waals surface area contributed by atoms with Gasteiger partial charge in [-0.2, -0.15) is 0 Å². The molecule has 1 aliphatic carbocycles. The number of hydrogen-bond acceptors (Lipinski definition) is 3. The van der Waals surface area contributed by atoms with Crippen LogP contribution < -0.4 is 11.5 Å². The van der Waals surface area contributed by atoms with Crippen molar-refractivity contribution in [2.45, 2.75) is 51.3 Å². The lowest BCUT2D eigenvalue weighted by Gasteiger charge is -2.32. The van der Waals surface area contributed by atoms with Crippen molar-refractivity contribution in [3.05, 3.63) is 0 Å². The van der Waals surface area contributed by atoms with Gasteiger partial charge in [-0.25, -0.2) is 0 Å². The van der Waals surface area contributed by atoms with E-state index in [9.17, 15) is 0 Å². The third-order valence-electron chi connectivity index (χ3n) is 2.25. The summed E-state index contributed by atoms with van der Waals surface area (Å²) >= 11 is 0. The molecule has 0 amide bonds. The van der Waals surface area contributed by atoms with Crippen molar-refractivity contribution in [1.82, 2.24) is 0 Å². The largest absolute Gasteiger partial charge is 0.380 e. The Balaban J connectivity index is 0.000000561. The molecule has 3 nitrogen and oxygen atoms in total. The Morgan fingerprint density at radius 2 is 1.75 bits per heavy atom. The smallest absolute Gasteiger partial charge is 0.0737 e. The van der Waals surface area contributed by atoms with E-state index in [0.717, 1.165) is 19.3 Å². The number of hydrogen-bond donors (Lipinski definition) is 2. The van der Waals surface area contributed by atoms with Crippen LogP contribution in [0.3, 0.4) is 0 Å². The summed E-state index contributed by atoms with van der Waals surface area (Å²) in [6.45, 7) is 4.00. The minimum atomic E-state index is 0.0405. The molecule has 74 valence electrons. The van der Waals surface area contributed by atoms with Crippen LogP contribution in [0.4, 0.5) is 0 Å². The standard InChI is InChI=1S/C7H16N2O.C2H6/c1-10-6-4-2-3-5(8)7(6)9;1-2/h5-7H,2-4,8-9H2,1H3;1-2H3. The molecule has 1 saturated carbocycles. The van der Waals surface area contributed by atoms with Gasteiger partial charge in [-0.15, -0.1) is 0 Å². The SMILES string of the molecule is CC.COC1CCCC(N)C1N. The van der Waals surface area contributed by atoms with Gasteiger partial charge >= 0.3 is 0 Å². The van der Waals surface area contributed by atoms with E-state index < -0.39 is 0 Å². The fraction of sp³-hybridized carbons (Fsp3) is 1.00. The summed E-state index contributed by atoms with van der Waals surface area (Å²) in [4.78, 5) is 0. The molecule has 0 bridgehead atoms. The highest BCUT2D eigenvalue weighted by Gasteiger charge is 2.27. The first-order valence-corrected chi connectivity index (χ1v) is 4.79. The van der Waals surface area contributed by atoms with Crippen LogP contribution in [0.5, 0.6) is 0 Å². The zero-order valence-corrected chi connectivity index (χ0v) is 8.42. The van der Waals surface area contributed by atoms with Crippen molar-refractivity contribution >= 4 is 0 Å². The third kappa shape index (κ3) is 3.09. The van der Waals surface area contributed by atoms with Gasteiger partial charge < -0.3 is 16.2 Å². The van der Waals surface area contributed by atoms with Gasteiger partial charge in [-0.1, -0.05) is 13.8 Å². The van der Waals surface area contributed by atoms with Crippen LogP contribution in [-0.2, 0) is 4.74 Å². The zero-order valence-electron chi connectivity index (χ0n) is 8.42. The van der Waals surface area contributed by atoms with E-state index in [1.807, 2.05) is 13.8 Å². The van der Waals surface area contributed by atoms with Gasteiger partial charge in [0.05, 0.1) is 6.10 Å². The monoisotopic (exact) mass is 174 g/mol. The Labute approximate surface area is 75.5 Å². The normalized spacial score (nSPS) is 35.2.